The summed E-state index contributed by atoms with van der Waals surface area (Å²) in [5, 5.41) is 0.321. The van der Waals surface area contributed by atoms with Crippen molar-refractivity contribution >= 4 is 35.5 Å². The molecule has 0 heterocycles. The van der Waals surface area contributed by atoms with E-state index < -0.39 is 12.3 Å². The molecule has 0 atom stereocenters. The molecule has 0 aliphatic carbocycles. The van der Waals surface area contributed by atoms with E-state index in [-0.39, 0.29) is 36.5 Å². The summed E-state index contributed by atoms with van der Waals surface area (Å²) < 4.78 is 18.1. The maximum absolute atomic E-state index is 10.9. The highest BCUT2D eigenvalue weighted by molar-refractivity contribution is 6.29. The van der Waals surface area contributed by atoms with Crippen molar-refractivity contribution in [2.45, 2.75) is 0 Å². The summed E-state index contributed by atoms with van der Waals surface area (Å²) in [5.41, 5.74) is 0. The Morgan fingerprint density at radius 2 is 1.11 bits per heavy atom. The normalized spacial score (nSPS) is 9.22. The molecule has 0 saturated heterocycles. The van der Waals surface area contributed by atoms with Crippen LogP contribution in [0.5, 0.6) is 0 Å². The van der Waals surface area contributed by atoms with E-state index in [1.165, 1.54) is 0 Å². The van der Waals surface area contributed by atoms with E-state index in [1.807, 2.05) is 0 Å². The predicted octanol–water partition coefficient (Wildman–Crippen LogP) is 2.80. The molecule has 0 unspecified atom stereocenters. The molecule has 0 aromatic rings. The van der Waals surface area contributed by atoms with Crippen LogP contribution in [-0.4, -0.2) is 38.7 Å². The fraction of sp³-hybridized carbons (Fsp3) is 0.400. The van der Waals surface area contributed by atoms with Crippen molar-refractivity contribution < 1.29 is 28.5 Å². The van der Waals surface area contributed by atoms with Crippen LogP contribution in [0, 0.1) is 0 Å². The van der Waals surface area contributed by atoms with E-state index in [1.54, 1.807) is 0 Å². The third-order valence-electron chi connectivity index (χ3n) is 1.22. The predicted molar refractivity (Wildman–Crippen MR) is 64.6 cm³/mol. The quantitative estimate of drug-likeness (QED) is 0.532. The molecular formula is C10H12Cl2O6. The molecule has 0 radical (unpaired) electrons. The van der Waals surface area contributed by atoms with Crippen LogP contribution in [0.4, 0.5) is 9.59 Å². The molecule has 0 aliphatic rings. The van der Waals surface area contributed by atoms with Crippen LogP contribution in [0.1, 0.15) is 0 Å². The van der Waals surface area contributed by atoms with Gasteiger partial charge in [0, 0.05) is 10.1 Å². The Morgan fingerprint density at radius 1 is 0.778 bits per heavy atom. The average Bonchev–Trinajstić information content (AvgIpc) is 2.29. The summed E-state index contributed by atoms with van der Waals surface area (Å²) in [6.07, 6.45) is -1.88. The van der Waals surface area contributed by atoms with Crippen molar-refractivity contribution in [2.75, 3.05) is 26.4 Å². The topological polar surface area (TPSA) is 71.1 Å². The van der Waals surface area contributed by atoms with E-state index in [0.717, 1.165) is 0 Å². The third kappa shape index (κ3) is 11.1. The molecule has 18 heavy (non-hydrogen) atoms. The van der Waals surface area contributed by atoms with Crippen LogP contribution in [0.15, 0.2) is 23.2 Å². The van der Waals surface area contributed by atoms with Crippen LogP contribution >= 0.6 is 23.2 Å². The van der Waals surface area contributed by atoms with Crippen molar-refractivity contribution in [3.63, 3.8) is 0 Å². The fourth-order valence-corrected chi connectivity index (χ4v) is 0.717. The van der Waals surface area contributed by atoms with Gasteiger partial charge in [-0.3, -0.25) is 0 Å². The molecule has 6 nitrogen and oxygen atoms in total. The third-order valence-corrected chi connectivity index (χ3v) is 1.43. The van der Waals surface area contributed by atoms with Crippen molar-refractivity contribution in [3.8, 4) is 0 Å². The lowest BCUT2D eigenvalue weighted by Gasteiger charge is -2.06. The molecule has 0 bridgehead atoms. The van der Waals surface area contributed by atoms with Gasteiger partial charge in [-0.1, -0.05) is 36.4 Å². The Kier molecular flexibility index (Phi) is 8.86. The molecule has 8 heteroatoms. The number of halogens is 2. The van der Waals surface area contributed by atoms with E-state index in [4.69, 9.17) is 23.2 Å². The molecule has 102 valence electrons. The van der Waals surface area contributed by atoms with E-state index >= 15 is 0 Å². The first-order valence-corrected chi connectivity index (χ1v) is 5.43. The second kappa shape index (κ2) is 9.61. The molecule has 0 fully saturated rings. The van der Waals surface area contributed by atoms with Gasteiger partial charge in [-0.15, -0.1) is 0 Å². The van der Waals surface area contributed by atoms with Crippen molar-refractivity contribution in [2.24, 2.45) is 0 Å². The number of rotatable bonds is 7. The maximum atomic E-state index is 10.9. The molecule has 0 N–H and O–H groups in total. The first-order chi connectivity index (χ1) is 8.41. The standard InChI is InChI=1S/C10H12Cl2O6/c1-7(11)5-17-9(13)15-3-4-16-10(14)18-6-8(2)12/h1-6H2. The highest BCUT2D eigenvalue weighted by Crippen LogP contribution is 1.99. The Hall–Kier alpha value is -1.40. The highest BCUT2D eigenvalue weighted by atomic mass is 35.5. The summed E-state index contributed by atoms with van der Waals surface area (Å²) >= 11 is 10.7. The van der Waals surface area contributed by atoms with Crippen molar-refractivity contribution in [1.82, 2.24) is 0 Å². The number of hydrogen-bond acceptors (Lipinski definition) is 6. The highest BCUT2D eigenvalue weighted by Gasteiger charge is 2.07. The van der Waals surface area contributed by atoms with Crippen LogP contribution < -0.4 is 0 Å². The Balaban J connectivity index is 3.49. The van der Waals surface area contributed by atoms with Crippen molar-refractivity contribution in [1.29, 1.82) is 0 Å². The van der Waals surface area contributed by atoms with Crippen molar-refractivity contribution in [3.05, 3.63) is 23.2 Å². The SMILES string of the molecule is C=C(Cl)COC(=O)OCCOC(=O)OCC(=C)Cl. The Bertz CT molecular complexity index is 296. The summed E-state index contributed by atoms with van der Waals surface area (Å²) in [6, 6.07) is 0. The monoisotopic (exact) mass is 298 g/mol. The largest absolute Gasteiger partial charge is 0.508 e. The van der Waals surface area contributed by atoms with Gasteiger partial charge in [-0.2, -0.15) is 0 Å². The molecule has 0 spiro atoms. The van der Waals surface area contributed by atoms with Gasteiger partial charge in [0.1, 0.15) is 26.4 Å². The van der Waals surface area contributed by atoms with Gasteiger partial charge in [0.25, 0.3) is 0 Å². The second-order valence-corrected chi connectivity index (χ2v) is 3.88. The van der Waals surface area contributed by atoms with E-state index in [2.05, 4.69) is 32.1 Å². The average molecular weight is 299 g/mol. The van der Waals surface area contributed by atoms with Gasteiger partial charge in [0.05, 0.1) is 0 Å². The van der Waals surface area contributed by atoms with E-state index in [9.17, 15) is 9.59 Å². The molecule has 0 aliphatic heterocycles. The van der Waals surface area contributed by atoms with Gasteiger partial charge in [0.2, 0.25) is 0 Å². The second-order valence-electron chi connectivity index (χ2n) is 2.81. The molecular weight excluding hydrogens is 287 g/mol. The van der Waals surface area contributed by atoms with Gasteiger partial charge in [-0.25, -0.2) is 9.59 Å². The summed E-state index contributed by atoms with van der Waals surface area (Å²) in [4.78, 5) is 21.7. The number of ether oxygens (including phenoxy) is 4. The zero-order valence-corrected chi connectivity index (χ0v) is 11.0. The van der Waals surface area contributed by atoms with Crippen LogP contribution in [-0.2, 0) is 18.9 Å². The minimum atomic E-state index is -0.942. The first kappa shape index (κ1) is 16.6. The van der Waals surface area contributed by atoms with Crippen LogP contribution in [0.3, 0.4) is 0 Å². The summed E-state index contributed by atoms with van der Waals surface area (Å²) in [5.74, 6) is 0. The zero-order chi connectivity index (χ0) is 14.0. The molecule has 0 amide bonds. The Labute approximate surface area is 114 Å². The van der Waals surface area contributed by atoms with Crippen LogP contribution in [0.25, 0.3) is 0 Å². The minimum Gasteiger partial charge on any atom is -0.431 e. The lowest BCUT2D eigenvalue weighted by atomic mass is 10.7. The van der Waals surface area contributed by atoms with Gasteiger partial charge in [-0.05, 0) is 0 Å². The van der Waals surface area contributed by atoms with Crippen LogP contribution in [0.2, 0.25) is 0 Å². The van der Waals surface area contributed by atoms with Gasteiger partial charge in [0.15, 0.2) is 0 Å². The summed E-state index contributed by atoms with van der Waals surface area (Å²) in [6.45, 7) is 5.97. The maximum Gasteiger partial charge on any atom is 0.508 e. The lowest BCUT2D eigenvalue weighted by molar-refractivity contribution is 0.0241. The lowest BCUT2D eigenvalue weighted by Crippen LogP contribution is -2.16. The molecule has 0 rings (SSSR count). The molecule has 0 saturated carbocycles. The Morgan fingerprint density at radius 3 is 1.39 bits per heavy atom. The number of carbonyl (C=O) groups is 2. The first-order valence-electron chi connectivity index (χ1n) is 4.67. The zero-order valence-electron chi connectivity index (χ0n) is 9.45. The molecule has 0 aromatic heterocycles. The summed E-state index contributed by atoms with van der Waals surface area (Å²) in [7, 11) is 0. The molecule has 0 aromatic carbocycles. The smallest absolute Gasteiger partial charge is 0.431 e. The van der Waals surface area contributed by atoms with E-state index in [0.29, 0.717) is 0 Å². The van der Waals surface area contributed by atoms with Gasteiger partial charge < -0.3 is 18.9 Å². The number of carbonyl (C=O) groups excluding carboxylic acids is 2. The van der Waals surface area contributed by atoms with Gasteiger partial charge >= 0.3 is 12.3 Å². The number of hydrogen-bond donors (Lipinski definition) is 0. The minimum absolute atomic E-state index is 0.152. The fourth-order valence-electron chi connectivity index (χ4n) is 0.608.